The highest BCUT2D eigenvalue weighted by Gasteiger charge is 2.06. The average molecular weight is 265 g/mol. The Morgan fingerprint density at radius 3 is 2.83 bits per heavy atom. The second-order valence-corrected chi connectivity index (χ2v) is 5.09. The van der Waals surface area contributed by atoms with Gasteiger partial charge in [0.1, 0.15) is 18.1 Å². The number of ether oxygens (including phenoxy) is 2. The summed E-state index contributed by atoms with van der Waals surface area (Å²) in [5.41, 5.74) is 0.718. The van der Waals surface area contributed by atoms with Crippen molar-refractivity contribution in [3.05, 3.63) is 39.8 Å². The Morgan fingerprint density at radius 1 is 1.39 bits per heavy atom. The summed E-state index contributed by atoms with van der Waals surface area (Å²) < 4.78 is 10.8. The maximum absolute atomic E-state index is 9.29. The molecule has 0 saturated carbocycles. The molecule has 0 amide bonds. The Morgan fingerprint density at radius 2 is 2.22 bits per heavy atom. The molecule has 18 heavy (non-hydrogen) atoms. The molecule has 0 saturated heterocycles. The van der Waals surface area contributed by atoms with E-state index in [1.54, 1.807) is 30.6 Å². The molecule has 0 aliphatic heterocycles. The van der Waals surface area contributed by atoms with Gasteiger partial charge in [0.15, 0.2) is 0 Å². The maximum Gasteiger partial charge on any atom is 0.125 e. The van der Waals surface area contributed by atoms with Crippen LogP contribution in [-0.2, 0) is 13.2 Å². The second kappa shape index (κ2) is 5.84. The number of rotatable bonds is 5. The van der Waals surface area contributed by atoms with Crippen LogP contribution in [0.1, 0.15) is 15.4 Å². The molecule has 5 heteroatoms. The third-order valence-electron chi connectivity index (χ3n) is 2.48. The van der Waals surface area contributed by atoms with Crippen molar-refractivity contribution >= 4 is 11.3 Å². The van der Waals surface area contributed by atoms with Crippen LogP contribution in [0.4, 0.5) is 0 Å². The van der Waals surface area contributed by atoms with Crippen molar-refractivity contribution in [2.75, 3.05) is 7.11 Å². The van der Waals surface area contributed by atoms with E-state index in [4.69, 9.17) is 9.47 Å². The van der Waals surface area contributed by atoms with Crippen molar-refractivity contribution in [3.63, 3.8) is 0 Å². The molecule has 1 N–H and O–H groups in total. The molecule has 1 aromatic carbocycles. The number of aromatic nitrogens is 1. The quantitative estimate of drug-likeness (QED) is 0.902. The number of hydrogen-bond acceptors (Lipinski definition) is 5. The molecule has 1 aromatic heterocycles. The van der Waals surface area contributed by atoms with Gasteiger partial charge in [0.2, 0.25) is 0 Å². The largest absolute Gasteiger partial charge is 0.497 e. The Hall–Kier alpha value is -1.59. The zero-order valence-corrected chi connectivity index (χ0v) is 11.2. The summed E-state index contributed by atoms with van der Waals surface area (Å²) >= 11 is 1.60. The van der Waals surface area contributed by atoms with Crippen LogP contribution in [0.3, 0.4) is 0 Å². The summed E-state index contributed by atoms with van der Waals surface area (Å²) in [5, 5.41) is 10.3. The molecule has 4 nitrogen and oxygen atoms in total. The van der Waals surface area contributed by atoms with Crippen molar-refractivity contribution in [1.29, 1.82) is 0 Å². The minimum atomic E-state index is -0.0751. The Balaban J connectivity index is 2.08. The highest BCUT2D eigenvalue weighted by molar-refractivity contribution is 7.11. The molecule has 0 aliphatic rings. The van der Waals surface area contributed by atoms with Crippen molar-refractivity contribution in [3.8, 4) is 11.5 Å². The first-order chi connectivity index (χ1) is 8.72. The number of aliphatic hydroxyl groups excluding tert-OH is 1. The van der Waals surface area contributed by atoms with Crippen molar-refractivity contribution in [2.24, 2.45) is 0 Å². The first kappa shape index (κ1) is 12.9. The Labute approximate surface area is 110 Å². The number of methoxy groups -OCH3 is 1. The van der Waals surface area contributed by atoms with E-state index in [0.29, 0.717) is 18.1 Å². The van der Waals surface area contributed by atoms with Gasteiger partial charge in [-0.15, -0.1) is 11.3 Å². The maximum atomic E-state index is 9.29. The monoisotopic (exact) mass is 265 g/mol. The number of aryl methyl sites for hydroxylation is 1. The van der Waals surface area contributed by atoms with E-state index in [2.05, 4.69) is 4.98 Å². The van der Waals surface area contributed by atoms with Crippen LogP contribution < -0.4 is 9.47 Å². The standard InChI is InChI=1S/C13H15NO3S/c1-9-14-6-12(18-9)8-17-13-4-3-11(16-2)5-10(13)7-15/h3-6,15H,7-8H2,1-2H3. The highest BCUT2D eigenvalue weighted by atomic mass is 32.1. The molecule has 0 spiro atoms. The number of nitrogens with zero attached hydrogens (tertiary/aromatic N) is 1. The van der Waals surface area contributed by atoms with Gasteiger partial charge in [-0.1, -0.05) is 0 Å². The molecular formula is C13H15NO3S. The van der Waals surface area contributed by atoms with Crippen LogP contribution in [0.5, 0.6) is 11.5 Å². The topological polar surface area (TPSA) is 51.6 Å². The van der Waals surface area contributed by atoms with Crippen LogP contribution in [-0.4, -0.2) is 17.2 Å². The lowest BCUT2D eigenvalue weighted by Gasteiger charge is -2.10. The Kier molecular flexibility index (Phi) is 4.17. The minimum absolute atomic E-state index is 0.0751. The molecule has 0 fully saturated rings. The fourth-order valence-electron chi connectivity index (χ4n) is 1.57. The zero-order chi connectivity index (χ0) is 13.0. The molecule has 0 bridgehead atoms. The summed E-state index contributed by atoms with van der Waals surface area (Å²) in [4.78, 5) is 5.23. The summed E-state index contributed by atoms with van der Waals surface area (Å²) in [6.45, 7) is 2.35. The third-order valence-corrected chi connectivity index (χ3v) is 3.36. The summed E-state index contributed by atoms with van der Waals surface area (Å²) in [7, 11) is 1.59. The lowest BCUT2D eigenvalue weighted by atomic mass is 10.2. The summed E-state index contributed by atoms with van der Waals surface area (Å²) in [5.74, 6) is 1.38. The van der Waals surface area contributed by atoms with E-state index in [1.165, 1.54) is 0 Å². The van der Waals surface area contributed by atoms with Gasteiger partial charge in [0, 0.05) is 11.8 Å². The number of hydrogen-bond donors (Lipinski definition) is 1. The molecular weight excluding hydrogens is 250 g/mol. The fraction of sp³-hybridized carbons (Fsp3) is 0.308. The summed E-state index contributed by atoms with van der Waals surface area (Å²) in [6.07, 6.45) is 1.81. The van der Waals surface area contributed by atoms with Gasteiger partial charge in [-0.3, -0.25) is 0 Å². The van der Waals surface area contributed by atoms with Crippen LogP contribution in [0.15, 0.2) is 24.4 Å². The first-order valence-corrected chi connectivity index (χ1v) is 6.36. The van der Waals surface area contributed by atoms with Gasteiger partial charge in [-0.25, -0.2) is 4.98 Å². The van der Waals surface area contributed by atoms with Gasteiger partial charge in [-0.2, -0.15) is 0 Å². The minimum Gasteiger partial charge on any atom is -0.497 e. The van der Waals surface area contributed by atoms with Crippen molar-refractivity contribution in [2.45, 2.75) is 20.1 Å². The van der Waals surface area contributed by atoms with Crippen LogP contribution in [0.2, 0.25) is 0 Å². The number of thiazole rings is 1. The lowest BCUT2D eigenvalue weighted by Crippen LogP contribution is -1.98. The first-order valence-electron chi connectivity index (χ1n) is 5.55. The second-order valence-electron chi connectivity index (χ2n) is 3.77. The van der Waals surface area contributed by atoms with E-state index < -0.39 is 0 Å². The smallest absolute Gasteiger partial charge is 0.125 e. The fourth-order valence-corrected chi connectivity index (χ4v) is 2.28. The van der Waals surface area contributed by atoms with Crippen LogP contribution in [0.25, 0.3) is 0 Å². The molecule has 96 valence electrons. The van der Waals surface area contributed by atoms with Crippen molar-refractivity contribution in [1.82, 2.24) is 4.98 Å². The summed E-state index contributed by atoms with van der Waals surface area (Å²) in [6, 6.07) is 5.39. The van der Waals surface area contributed by atoms with Gasteiger partial charge in [0.25, 0.3) is 0 Å². The van der Waals surface area contributed by atoms with Crippen LogP contribution in [0, 0.1) is 6.92 Å². The van der Waals surface area contributed by atoms with E-state index in [1.807, 2.05) is 19.2 Å². The van der Waals surface area contributed by atoms with Gasteiger partial charge in [0.05, 0.1) is 23.6 Å². The van der Waals surface area contributed by atoms with Gasteiger partial charge < -0.3 is 14.6 Å². The molecule has 0 unspecified atom stereocenters. The van der Waals surface area contributed by atoms with E-state index in [9.17, 15) is 5.11 Å². The number of aliphatic hydroxyl groups is 1. The zero-order valence-electron chi connectivity index (χ0n) is 10.3. The predicted octanol–water partition coefficient (Wildman–Crippen LogP) is 2.53. The van der Waals surface area contributed by atoms with Gasteiger partial charge in [-0.05, 0) is 25.1 Å². The van der Waals surface area contributed by atoms with E-state index in [0.717, 1.165) is 15.4 Å². The van der Waals surface area contributed by atoms with E-state index in [-0.39, 0.29) is 6.61 Å². The van der Waals surface area contributed by atoms with Crippen molar-refractivity contribution < 1.29 is 14.6 Å². The number of benzene rings is 1. The molecule has 1 heterocycles. The molecule has 2 rings (SSSR count). The molecule has 0 aliphatic carbocycles. The highest BCUT2D eigenvalue weighted by Crippen LogP contribution is 2.25. The Bertz CT molecular complexity index is 525. The van der Waals surface area contributed by atoms with Crippen LogP contribution >= 0.6 is 11.3 Å². The molecule has 0 radical (unpaired) electrons. The SMILES string of the molecule is COc1ccc(OCc2cnc(C)s2)c(CO)c1. The normalized spacial score (nSPS) is 10.4. The molecule has 2 aromatic rings. The predicted molar refractivity (Wildman–Crippen MR) is 70.1 cm³/mol. The lowest BCUT2D eigenvalue weighted by molar-refractivity contribution is 0.259. The average Bonchev–Trinajstić information content (AvgIpc) is 2.82. The van der Waals surface area contributed by atoms with E-state index >= 15 is 0 Å². The third kappa shape index (κ3) is 3.00. The van der Waals surface area contributed by atoms with Gasteiger partial charge >= 0.3 is 0 Å². The molecule has 0 atom stereocenters.